The van der Waals surface area contributed by atoms with Gasteiger partial charge >= 0.3 is 70.7 Å². The summed E-state index contributed by atoms with van der Waals surface area (Å²) in [5.74, 6) is -1.33. The fourth-order valence-corrected chi connectivity index (χ4v) is 4.02. The van der Waals surface area contributed by atoms with E-state index in [1.165, 1.54) is 27.6 Å². The smallest absolute Gasteiger partial charge is 0.790 e. The molecule has 206 valence electrons. The average molecular weight is 603 g/mol. The Bertz CT molecular complexity index is 1440. The van der Waals surface area contributed by atoms with Crippen molar-refractivity contribution < 1.29 is 122 Å². The summed E-state index contributed by atoms with van der Waals surface area (Å²) in [6.45, 7) is -0.740. The number of imidazole rings is 1. The number of aliphatic hydroxyl groups excluding tert-OH is 2. The van der Waals surface area contributed by atoms with Crippen LogP contribution in [0.5, 0.6) is 0 Å². The number of fused-ring (bicyclic) bond motifs is 1. The second kappa shape index (κ2) is 14.8. The van der Waals surface area contributed by atoms with Crippen LogP contribution < -0.4 is 89.9 Å². The normalized spacial score (nSPS) is 20.1. The van der Waals surface area contributed by atoms with Gasteiger partial charge in [-0.25, -0.2) is 9.36 Å². The van der Waals surface area contributed by atoms with Crippen LogP contribution in [0.15, 0.2) is 35.4 Å². The van der Waals surface area contributed by atoms with Gasteiger partial charge in [0.05, 0.1) is 26.5 Å². The van der Waals surface area contributed by atoms with E-state index >= 15 is 0 Å². The minimum Gasteiger partial charge on any atom is -0.790 e. The number of carboxylic acids is 1. The van der Waals surface area contributed by atoms with Crippen LogP contribution in [-0.4, -0.2) is 72.0 Å². The number of ether oxygens (including phenoxy) is 1. The molecule has 1 aliphatic heterocycles. The summed E-state index contributed by atoms with van der Waals surface area (Å²) in [7, 11) is -5.35. The van der Waals surface area contributed by atoms with E-state index in [4.69, 9.17) is 30.6 Å². The molecule has 7 N–H and O–H groups in total. The predicted molar refractivity (Wildman–Crippen MR) is 115 cm³/mol. The first-order valence-corrected chi connectivity index (χ1v) is 11.8. The van der Waals surface area contributed by atoms with E-state index in [0.29, 0.717) is 5.56 Å². The Balaban J connectivity index is 0.00000125. The van der Waals surface area contributed by atoms with Gasteiger partial charge in [-0.15, -0.1) is 0 Å². The molecule has 0 bridgehead atoms. The summed E-state index contributed by atoms with van der Waals surface area (Å²) >= 11 is 0. The zero-order valence-electron chi connectivity index (χ0n) is 20.9. The van der Waals surface area contributed by atoms with E-state index in [1.807, 2.05) is 0 Å². The van der Waals surface area contributed by atoms with E-state index in [9.17, 15) is 34.2 Å². The maximum Gasteiger partial charge on any atom is 1.00 e. The predicted octanol–water partition coefficient (Wildman–Crippen LogP) is -10.3. The Hall–Kier alpha value is -1.90. The van der Waals surface area contributed by atoms with Crippen molar-refractivity contribution in [3.63, 3.8) is 0 Å². The number of hydrogen-bond acceptors (Lipinski definition) is 13. The minimum atomic E-state index is -5.35. The van der Waals surface area contributed by atoms with Crippen molar-refractivity contribution in [2.75, 3.05) is 12.3 Å². The molecule has 40 heavy (non-hydrogen) atoms. The number of phosphoric acid groups is 1. The maximum absolute atomic E-state index is 12.6. The number of hydrogen-bond donors (Lipinski definition) is 6. The van der Waals surface area contributed by atoms with E-state index in [2.05, 4.69) is 14.5 Å². The first-order valence-electron chi connectivity index (χ1n) is 10.4. The van der Waals surface area contributed by atoms with Crippen LogP contribution in [0.2, 0.25) is 0 Å². The van der Waals surface area contributed by atoms with Crippen LogP contribution >= 0.6 is 7.82 Å². The van der Waals surface area contributed by atoms with E-state index in [0.717, 1.165) is 0 Å². The number of nitrogens with one attached hydrogen (secondary N) is 1. The van der Waals surface area contributed by atoms with E-state index < -0.39 is 56.7 Å². The zero-order chi connectivity index (χ0) is 28.4. The standard InChI is InChI=1S/C18H20N5O10P.CH2O3.2Na/c19-18-20-14-11(15(26)21-18)22(5-8-1-3-9(4-2-8)17(27)28)7-23(14)16-13(25)12(24)10(33-16)6-32-34(29,30)31;2-1(3)4;;/h1-4,7,10,12-13,16,24-25H,5-6H2,(H5-,19,20,21,26,27,28,29,30,31);(H2,2,3,4);;/q;;2*+1/p-2/t10-,12-,13-,16-;;;/m1.../s1. The molecule has 1 saturated heterocycles. The number of anilines is 1. The monoisotopic (exact) mass is 603 g/mol. The summed E-state index contributed by atoms with van der Waals surface area (Å²) in [6.07, 6.45) is -6.65. The van der Waals surface area contributed by atoms with Crippen LogP contribution in [0.1, 0.15) is 22.1 Å². The number of aromatic nitrogens is 4. The molecule has 0 unspecified atom stereocenters. The van der Waals surface area contributed by atoms with E-state index in [-0.39, 0.29) is 88.3 Å². The number of nitrogens with two attached hydrogens (primary N) is 1. The first kappa shape index (κ1) is 36.1. The van der Waals surface area contributed by atoms with Crippen molar-refractivity contribution in [3.05, 3.63) is 52.1 Å². The van der Waals surface area contributed by atoms with Gasteiger partial charge in [-0.2, -0.15) is 0 Å². The number of nitrogens with zero attached hydrogens (tertiary/aromatic N) is 3. The van der Waals surface area contributed by atoms with Gasteiger partial charge in [0.15, 0.2) is 6.33 Å². The van der Waals surface area contributed by atoms with Crippen molar-refractivity contribution >= 4 is 37.1 Å². The molecule has 18 nitrogen and oxygen atoms in total. The number of phosphoric ester groups is 1. The van der Waals surface area contributed by atoms with Crippen molar-refractivity contribution in [1.29, 1.82) is 0 Å². The van der Waals surface area contributed by atoms with Gasteiger partial charge in [0.2, 0.25) is 17.9 Å². The number of aliphatic hydroxyl groups is 2. The largest absolute Gasteiger partial charge is 1.00 e. The van der Waals surface area contributed by atoms with Gasteiger partial charge in [0, 0.05) is 0 Å². The molecular weight excluding hydrogens is 583 g/mol. The number of carbonyl (C=O) groups is 2. The third kappa shape index (κ3) is 9.05. The number of aromatic carboxylic acids is 1. The Morgan fingerprint density at radius 1 is 1.18 bits per heavy atom. The molecule has 0 spiro atoms. The van der Waals surface area contributed by atoms with Crippen LogP contribution in [-0.2, 0) is 20.4 Å². The van der Waals surface area contributed by atoms with Gasteiger partial charge < -0.3 is 59.7 Å². The molecule has 1 fully saturated rings. The summed E-state index contributed by atoms with van der Waals surface area (Å²) < 4.78 is 23.1. The van der Waals surface area contributed by atoms with Crippen LogP contribution in [0.4, 0.5) is 10.7 Å². The Kier molecular flexibility index (Phi) is 13.4. The molecule has 0 aliphatic carbocycles. The number of H-pyrrole nitrogens is 1. The van der Waals surface area contributed by atoms with Gasteiger partial charge in [-0.05, 0) is 17.7 Å². The molecule has 1 aliphatic rings. The second-order valence-corrected chi connectivity index (χ2v) is 8.98. The van der Waals surface area contributed by atoms with Crippen LogP contribution in [0.3, 0.4) is 0 Å². The SMILES string of the molecule is Nc1nc2c(c(=O)[nH]1)n(Cc1ccc(C(=O)O)cc1)c[n+]2[C@@H]1O[C@H](COP(=O)([O-])[O-])[C@@H](O)[C@H]1O.O=C([O-])O.[Na+].[Na+]. The third-order valence-corrected chi connectivity index (χ3v) is 5.72. The number of carboxylic acid groups (broad SMARTS) is 3. The van der Waals surface area contributed by atoms with Gasteiger partial charge in [-0.1, -0.05) is 17.1 Å². The molecule has 0 saturated carbocycles. The molecule has 21 heteroatoms. The van der Waals surface area contributed by atoms with Gasteiger partial charge in [0.25, 0.3) is 11.5 Å². The quantitative estimate of drug-likeness (QED) is 0.0830. The Morgan fingerprint density at radius 3 is 2.27 bits per heavy atom. The molecule has 2 aromatic heterocycles. The minimum absolute atomic E-state index is 0. The molecule has 4 atom stereocenters. The number of rotatable bonds is 7. The number of aromatic amines is 1. The zero-order valence-corrected chi connectivity index (χ0v) is 25.8. The van der Waals surface area contributed by atoms with Crippen molar-refractivity contribution in [3.8, 4) is 0 Å². The van der Waals surface area contributed by atoms with Gasteiger partial charge in [-0.3, -0.25) is 14.3 Å². The molecule has 0 amide bonds. The van der Waals surface area contributed by atoms with Crippen molar-refractivity contribution in [2.45, 2.75) is 31.1 Å². The molecule has 3 aromatic rings. The molecule has 0 radical (unpaired) electrons. The molecule has 1 aromatic carbocycles. The maximum atomic E-state index is 12.6. The Labute approximate surface area is 267 Å². The van der Waals surface area contributed by atoms with Crippen LogP contribution in [0, 0.1) is 0 Å². The molecule has 4 rings (SSSR count). The number of benzene rings is 1. The fraction of sp³-hybridized carbons (Fsp3) is 0.316. The number of nitrogen functional groups attached to an aromatic ring is 1. The second-order valence-electron chi connectivity index (χ2n) is 7.83. The molecular formula is C19H20N5Na2O13P. The average Bonchev–Trinajstić information content (AvgIpc) is 3.29. The topological polar surface area (TPSA) is 300 Å². The van der Waals surface area contributed by atoms with Crippen molar-refractivity contribution in [2.24, 2.45) is 0 Å². The first-order chi connectivity index (χ1) is 17.7. The Morgan fingerprint density at radius 2 is 1.75 bits per heavy atom. The summed E-state index contributed by atoms with van der Waals surface area (Å²) in [5, 5.41) is 45.1. The summed E-state index contributed by atoms with van der Waals surface area (Å²) in [5.41, 5.74) is 5.78. The van der Waals surface area contributed by atoms with Crippen LogP contribution in [0.25, 0.3) is 11.2 Å². The van der Waals surface area contributed by atoms with Crippen molar-refractivity contribution in [1.82, 2.24) is 14.5 Å². The third-order valence-electron chi connectivity index (χ3n) is 5.25. The summed E-state index contributed by atoms with van der Waals surface area (Å²) in [6, 6.07) is 5.91. The molecule has 3 heterocycles. The van der Waals surface area contributed by atoms with Gasteiger partial charge in [0.1, 0.15) is 18.3 Å². The fourth-order valence-electron chi connectivity index (χ4n) is 3.69. The van der Waals surface area contributed by atoms with E-state index in [1.54, 1.807) is 12.1 Å². The summed E-state index contributed by atoms with van der Waals surface area (Å²) in [4.78, 5) is 60.1.